The molecule has 92 valence electrons. The molecule has 2 aromatic rings. The first-order valence-electron chi connectivity index (χ1n) is 5.41. The van der Waals surface area contributed by atoms with Crippen LogP contribution >= 0.6 is 54.5 Å². The number of hydrogen-bond donors (Lipinski definition) is 1. The van der Waals surface area contributed by atoms with Gasteiger partial charge in [0, 0.05) is 26.8 Å². The zero-order chi connectivity index (χ0) is 12.3. The maximum atomic E-state index is 3.61. The molecule has 0 amide bonds. The van der Waals surface area contributed by atoms with E-state index >= 15 is 0 Å². The smallest absolute Gasteiger partial charge is 0.0843 e. The predicted octanol–water partition coefficient (Wildman–Crippen LogP) is 5.58. The largest absolute Gasteiger partial charge is 0.304 e. The molecule has 5 heteroatoms. The summed E-state index contributed by atoms with van der Waals surface area (Å²) >= 11 is 10.6. The first kappa shape index (κ1) is 13.7. The van der Waals surface area contributed by atoms with Crippen LogP contribution in [0, 0.1) is 0 Å². The fraction of sp³-hybridized carbons (Fsp3) is 0.333. The molecule has 0 saturated carbocycles. The van der Waals surface area contributed by atoms with Gasteiger partial charge in [-0.3, -0.25) is 0 Å². The average molecular weight is 395 g/mol. The van der Waals surface area contributed by atoms with Gasteiger partial charge in [0.2, 0.25) is 0 Å². The van der Waals surface area contributed by atoms with Crippen molar-refractivity contribution in [1.29, 1.82) is 0 Å². The maximum absolute atomic E-state index is 3.61. The highest BCUT2D eigenvalue weighted by molar-refractivity contribution is 9.13. The van der Waals surface area contributed by atoms with Crippen molar-refractivity contribution in [3.8, 4) is 0 Å². The van der Waals surface area contributed by atoms with Crippen LogP contribution in [0.3, 0.4) is 0 Å². The lowest BCUT2D eigenvalue weighted by molar-refractivity contribution is 0.529. The average Bonchev–Trinajstić information content (AvgIpc) is 2.92. The highest BCUT2D eigenvalue weighted by atomic mass is 79.9. The van der Waals surface area contributed by atoms with Crippen LogP contribution in [-0.4, -0.2) is 0 Å². The van der Waals surface area contributed by atoms with Crippen molar-refractivity contribution < 1.29 is 0 Å². The minimum absolute atomic E-state index is 0.467. The third-order valence-electron chi connectivity index (χ3n) is 2.51. The van der Waals surface area contributed by atoms with E-state index in [9.17, 15) is 0 Å². The Morgan fingerprint density at radius 3 is 2.76 bits per heavy atom. The Bertz CT molecular complexity index is 445. The molecule has 2 heterocycles. The summed E-state index contributed by atoms with van der Waals surface area (Å²) in [7, 11) is 0. The molecular formula is C12H13Br2NS2. The second-order valence-corrected chi connectivity index (χ2v) is 7.98. The minimum atomic E-state index is 0.467. The van der Waals surface area contributed by atoms with Crippen molar-refractivity contribution in [2.45, 2.75) is 25.9 Å². The Labute approximate surface area is 127 Å². The third-order valence-corrected chi connectivity index (χ3v) is 6.76. The molecule has 0 fully saturated rings. The molecule has 1 atom stereocenters. The van der Waals surface area contributed by atoms with Gasteiger partial charge >= 0.3 is 0 Å². The zero-order valence-corrected chi connectivity index (χ0v) is 14.2. The Kier molecular flexibility index (Phi) is 5.24. The van der Waals surface area contributed by atoms with Crippen molar-refractivity contribution in [2.75, 3.05) is 0 Å². The summed E-state index contributed by atoms with van der Waals surface area (Å²) in [5.74, 6) is 0. The number of rotatable bonds is 5. The lowest BCUT2D eigenvalue weighted by Gasteiger charge is -2.14. The molecule has 0 aliphatic carbocycles. The minimum Gasteiger partial charge on any atom is -0.304 e. The van der Waals surface area contributed by atoms with Crippen LogP contribution in [0.1, 0.15) is 29.1 Å². The highest BCUT2D eigenvalue weighted by Gasteiger charge is 2.11. The van der Waals surface area contributed by atoms with Crippen molar-refractivity contribution in [1.82, 2.24) is 5.32 Å². The molecule has 17 heavy (non-hydrogen) atoms. The van der Waals surface area contributed by atoms with Crippen molar-refractivity contribution in [2.24, 2.45) is 0 Å². The molecular weight excluding hydrogens is 382 g/mol. The summed E-state index contributed by atoms with van der Waals surface area (Å²) in [5, 5.41) is 5.74. The molecule has 1 N–H and O–H groups in total. The monoisotopic (exact) mass is 393 g/mol. The standard InChI is InChI=1S/C12H13Br2NS2/c1-2-10(11-4-3-5-16-11)15-7-8-6-9(13)12(14)17-8/h3-6,10,15H,2,7H2,1H3. The van der Waals surface area contributed by atoms with Crippen LogP contribution < -0.4 is 5.32 Å². The lowest BCUT2D eigenvalue weighted by atomic mass is 10.2. The molecule has 1 nitrogen and oxygen atoms in total. The van der Waals surface area contributed by atoms with Gasteiger partial charge in [0.15, 0.2) is 0 Å². The van der Waals surface area contributed by atoms with Crippen LogP contribution in [0.4, 0.5) is 0 Å². The van der Waals surface area contributed by atoms with Gasteiger partial charge in [-0.05, 0) is 55.8 Å². The molecule has 0 aromatic carbocycles. The quantitative estimate of drug-likeness (QED) is 0.698. The van der Waals surface area contributed by atoms with E-state index in [0.717, 1.165) is 17.4 Å². The van der Waals surface area contributed by atoms with Gasteiger partial charge in [-0.25, -0.2) is 0 Å². The molecule has 0 saturated heterocycles. The van der Waals surface area contributed by atoms with Crippen molar-refractivity contribution >= 4 is 54.5 Å². The normalized spacial score (nSPS) is 12.9. The van der Waals surface area contributed by atoms with Crippen LogP contribution in [0.15, 0.2) is 31.8 Å². The van der Waals surface area contributed by atoms with Gasteiger partial charge in [-0.2, -0.15) is 0 Å². The van der Waals surface area contributed by atoms with E-state index < -0.39 is 0 Å². The second kappa shape index (κ2) is 6.48. The van der Waals surface area contributed by atoms with Crippen LogP contribution in [0.2, 0.25) is 0 Å². The van der Waals surface area contributed by atoms with Gasteiger partial charge in [-0.15, -0.1) is 22.7 Å². The second-order valence-electron chi connectivity index (χ2n) is 3.69. The van der Waals surface area contributed by atoms with Crippen molar-refractivity contribution in [3.63, 3.8) is 0 Å². The van der Waals surface area contributed by atoms with Gasteiger partial charge in [0.25, 0.3) is 0 Å². The predicted molar refractivity (Wildman–Crippen MR) is 83.9 cm³/mol. The SMILES string of the molecule is CCC(NCc1cc(Br)c(Br)s1)c1cccs1. The maximum Gasteiger partial charge on any atom is 0.0843 e. The molecule has 2 aromatic heterocycles. The summed E-state index contributed by atoms with van der Waals surface area (Å²) in [4.78, 5) is 2.76. The molecule has 0 bridgehead atoms. The fourth-order valence-corrected chi connectivity index (χ4v) is 4.65. The summed E-state index contributed by atoms with van der Waals surface area (Å²) in [6, 6.07) is 6.95. The third kappa shape index (κ3) is 3.64. The van der Waals surface area contributed by atoms with Gasteiger partial charge in [0.05, 0.1) is 3.79 Å². The molecule has 2 rings (SSSR count). The van der Waals surface area contributed by atoms with E-state index in [0.29, 0.717) is 6.04 Å². The molecule has 0 radical (unpaired) electrons. The van der Waals surface area contributed by atoms with Crippen LogP contribution in [0.25, 0.3) is 0 Å². The Morgan fingerprint density at radius 2 is 2.24 bits per heavy atom. The highest BCUT2D eigenvalue weighted by Crippen LogP contribution is 2.32. The first-order chi connectivity index (χ1) is 8.20. The van der Waals surface area contributed by atoms with E-state index in [-0.39, 0.29) is 0 Å². The number of halogens is 2. The van der Waals surface area contributed by atoms with E-state index in [2.05, 4.69) is 67.7 Å². The fourth-order valence-electron chi connectivity index (χ4n) is 1.64. The molecule has 0 spiro atoms. The van der Waals surface area contributed by atoms with Gasteiger partial charge in [-0.1, -0.05) is 13.0 Å². The van der Waals surface area contributed by atoms with Gasteiger partial charge in [0.1, 0.15) is 0 Å². The number of nitrogens with one attached hydrogen (secondary N) is 1. The summed E-state index contributed by atoms with van der Waals surface area (Å²) in [6.45, 7) is 3.14. The van der Waals surface area contributed by atoms with E-state index in [1.165, 1.54) is 13.5 Å². The summed E-state index contributed by atoms with van der Waals surface area (Å²) < 4.78 is 2.31. The van der Waals surface area contributed by atoms with E-state index in [4.69, 9.17) is 0 Å². The first-order valence-corrected chi connectivity index (χ1v) is 8.69. The topological polar surface area (TPSA) is 12.0 Å². The van der Waals surface area contributed by atoms with E-state index in [1.807, 2.05) is 11.3 Å². The van der Waals surface area contributed by atoms with Crippen LogP contribution in [-0.2, 0) is 6.54 Å². The number of thiophene rings is 2. The molecule has 0 aliphatic rings. The number of hydrogen-bond acceptors (Lipinski definition) is 3. The Hall–Kier alpha value is 0.320. The van der Waals surface area contributed by atoms with Gasteiger partial charge < -0.3 is 5.32 Å². The molecule has 0 aliphatic heterocycles. The molecule has 1 unspecified atom stereocenters. The zero-order valence-electron chi connectivity index (χ0n) is 9.37. The van der Waals surface area contributed by atoms with Crippen LogP contribution in [0.5, 0.6) is 0 Å². The Morgan fingerprint density at radius 1 is 1.41 bits per heavy atom. The summed E-state index contributed by atoms with van der Waals surface area (Å²) in [5.41, 5.74) is 0. The summed E-state index contributed by atoms with van der Waals surface area (Å²) in [6.07, 6.45) is 1.12. The lowest BCUT2D eigenvalue weighted by Crippen LogP contribution is -2.18. The Balaban J connectivity index is 1.97. The van der Waals surface area contributed by atoms with Crippen molar-refractivity contribution in [3.05, 3.63) is 41.6 Å². The van der Waals surface area contributed by atoms with E-state index in [1.54, 1.807) is 11.3 Å².